The number of aromatic nitrogens is 3. The van der Waals surface area contributed by atoms with Gasteiger partial charge in [0.25, 0.3) is 5.95 Å². The van der Waals surface area contributed by atoms with E-state index in [1.807, 2.05) is 36.4 Å². The van der Waals surface area contributed by atoms with E-state index in [1.165, 1.54) is 12.1 Å². The van der Waals surface area contributed by atoms with Crippen molar-refractivity contribution in [1.82, 2.24) is 20.1 Å². The normalized spacial score (nSPS) is 11.1. The number of nitrogens with one attached hydrogen (secondary N) is 2. The number of benzene rings is 3. The first-order valence-corrected chi connectivity index (χ1v) is 12.7. The van der Waals surface area contributed by atoms with Gasteiger partial charge < -0.3 is 14.8 Å². The predicted octanol–water partition coefficient (Wildman–Crippen LogP) is 2.96. The third-order valence-electron chi connectivity index (χ3n) is 5.43. The average molecular weight is 523 g/mol. The minimum absolute atomic E-state index is 0.0345. The van der Waals surface area contributed by atoms with Crippen molar-refractivity contribution in [1.29, 1.82) is 0 Å². The van der Waals surface area contributed by atoms with E-state index in [9.17, 15) is 13.2 Å². The Morgan fingerprint density at radius 1 is 0.973 bits per heavy atom. The summed E-state index contributed by atoms with van der Waals surface area (Å²) in [7, 11) is -0.640. The van der Waals surface area contributed by atoms with E-state index in [1.54, 1.807) is 43.2 Å². The first kappa shape index (κ1) is 25.7. The van der Waals surface area contributed by atoms with Crippen LogP contribution in [0.15, 0.2) is 77.7 Å². The Morgan fingerprint density at radius 2 is 1.68 bits per heavy atom. The molecular weight excluding hydrogens is 496 g/mol. The SMILES string of the molecule is COc1ccc(-n2nc(NC(=O)NCCc3ccc(S(N)(=O)=O)cc3)nc2-c2ccccc2)cc1OC. The highest BCUT2D eigenvalue weighted by atomic mass is 32.2. The van der Waals surface area contributed by atoms with E-state index >= 15 is 0 Å². The summed E-state index contributed by atoms with van der Waals surface area (Å²) in [6.45, 7) is 0.308. The predicted molar refractivity (Wildman–Crippen MR) is 138 cm³/mol. The van der Waals surface area contributed by atoms with Crippen LogP contribution in [0.5, 0.6) is 11.5 Å². The highest BCUT2D eigenvalue weighted by Gasteiger charge is 2.17. The molecule has 37 heavy (non-hydrogen) atoms. The summed E-state index contributed by atoms with van der Waals surface area (Å²) in [5, 5.41) is 15.0. The molecule has 12 heteroatoms. The molecule has 2 amide bonds. The highest BCUT2D eigenvalue weighted by Crippen LogP contribution is 2.31. The Balaban J connectivity index is 1.49. The number of primary sulfonamides is 1. The smallest absolute Gasteiger partial charge is 0.321 e. The number of nitrogens with zero attached hydrogens (tertiary/aromatic N) is 3. The molecule has 4 aromatic rings. The van der Waals surface area contributed by atoms with E-state index in [2.05, 4.69) is 20.7 Å². The zero-order valence-corrected chi connectivity index (χ0v) is 21.0. The zero-order chi connectivity index (χ0) is 26.4. The third-order valence-corrected chi connectivity index (χ3v) is 6.36. The number of amides is 2. The van der Waals surface area contributed by atoms with Crippen molar-refractivity contribution in [2.24, 2.45) is 5.14 Å². The summed E-state index contributed by atoms with van der Waals surface area (Å²) in [5.41, 5.74) is 2.32. The fraction of sp³-hybridized carbons (Fsp3) is 0.160. The Bertz CT molecular complexity index is 1490. The number of rotatable bonds is 9. The Morgan fingerprint density at radius 3 is 2.32 bits per heavy atom. The van der Waals surface area contributed by atoms with Gasteiger partial charge in [0.05, 0.1) is 24.8 Å². The first-order chi connectivity index (χ1) is 17.8. The van der Waals surface area contributed by atoms with Gasteiger partial charge in [0.2, 0.25) is 10.0 Å². The molecule has 0 bridgehead atoms. The second-order valence-corrected chi connectivity index (χ2v) is 9.46. The Kier molecular flexibility index (Phi) is 7.70. The van der Waals surface area contributed by atoms with Gasteiger partial charge in [-0.25, -0.2) is 23.0 Å². The number of carbonyl (C=O) groups is 1. The van der Waals surface area contributed by atoms with Crippen molar-refractivity contribution in [2.45, 2.75) is 11.3 Å². The number of ether oxygens (including phenoxy) is 2. The van der Waals surface area contributed by atoms with E-state index in [0.29, 0.717) is 36.0 Å². The second kappa shape index (κ2) is 11.1. The lowest BCUT2D eigenvalue weighted by molar-refractivity contribution is 0.252. The van der Waals surface area contributed by atoms with Gasteiger partial charge >= 0.3 is 6.03 Å². The average Bonchev–Trinajstić information content (AvgIpc) is 3.32. The number of methoxy groups -OCH3 is 2. The first-order valence-electron chi connectivity index (χ1n) is 11.2. The highest BCUT2D eigenvalue weighted by molar-refractivity contribution is 7.89. The summed E-state index contributed by atoms with van der Waals surface area (Å²) in [6, 6.07) is 20.5. The lowest BCUT2D eigenvalue weighted by Crippen LogP contribution is -2.30. The molecule has 1 aromatic heterocycles. The number of sulfonamides is 1. The van der Waals surface area contributed by atoms with E-state index in [4.69, 9.17) is 14.6 Å². The van der Waals surface area contributed by atoms with Crippen LogP contribution in [0.1, 0.15) is 5.56 Å². The van der Waals surface area contributed by atoms with Crippen LogP contribution < -0.4 is 25.2 Å². The molecule has 4 rings (SSSR count). The van der Waals surface area contributed by atoms with Crippen molar-refractivity contribution in [3.8, 4) is 28.6 Å². The summed E-state index contributed by atoms with van der Waals surface area (Å²) in [4.78, 5) is 17.1. The van der Waals surface area contributed by atoms with Crippen molar-refractivity contribution in [3.05, 3.63) is 78.4 Å². The molecule has 0 unspecified atom stereocenters. The largest absolute Gasteiger partial charge is 0.493 e. The lowest BCUT2D eigenvalue weighted by Gasteiger charge is -2.11. The maximum Gasteiger partial charge on any atom is 0.321 e. The van der Waals surface area contributed by atoms with Gasteiger partial charge in [0, 0.05) is 18.2 Å². The maximum atomic E-state index is 12.5. The Hall–Kier alpha value is -4.42. The summed E-state index contributed by atoms with van der Waals surface area (Å²) in [5.74, 6) is 1.74. The Labute approximate surface area is 214 Å². The van der Waals surface area contributed by atoms with Gasteiger partial charge in [0.1, 0.15) is 0 Å². The van der Waals surface area contributed by atoms with Crippen LogP contribution in [-0.4, -0.2) is 50.0 Å². The molecule has 0 aliphatic rings. The fourth-order valence-corrected chi connectivity index (χ4v) is 4.10. The lowest BCUT2D eigenvalue weighted by atomic mass is 10.1. The number of anilines is 1. The number of urea groups is 1. The molecule has 0 aliphatic heterocycles. The molecule has 0 spiro atoms. The van der Waals surface area contributed by atoms with Gasteiger partial charge in [-0.05, 0) is 36.2 Å². The molecule has 192 valence electrons. The van der Waals surface area contributed by atoms with Crippen molar-refractivity contribution >= 4 is 22.0 Å². The van der Waals surface area contributed by atoms with Crippen LogP contribution in [0.4, 0.5) is 10.7 Å². The van der Waals surface area contributed by atoms with Crippen LogP contribution in [0, 0.1) is 0 Å². The molecule has 0 saturated carbocycles. The van der Waals surface area contributed by atoms with Gasteiger partial charge in [0.15, 0.2) is 17.3 Å². The van der Waals surface area contributed by atoms with Gasteiger partial charge in [-0.3, -0.25) is 5.32 Å². The molecule has 1 heterocycles. The minimum atomic E-state index is -3.75. The van der Waals surface area contributed by atoms with Crippen LogP contribution in [0.3, 0.4) is 0 Å². The fourth-order valence-electron chi connectivity index (χ4n) is 3.59. The van der Waals surface area contributed by atoms with Gasteiger partial charge in [-0.1, -0.05) is 42.5 Å². The zero-order valence-electron chi connectivity index (χ0n) is 20.2. The quantitative estimate of drug-likeness (QED) is 0.306. The second-order valence-electron chi connectivity index (χ2n) is 7.90. The molecule has 11 nitrogen and oxygen atoms in total. The number of hydrogen-bond acceptors (Lipinski definition) is 7. The maximum absolute atomic E-state index is 12.5. The van der Waals surface area contributed by atoms with Crippen LogP contribution in [0.2, 0.25) is 0 Å². The number of nitrogens with two attached hydrogens (primary N) is 1. The summed E-state index contributed by atoms with van der Waals surface area (Å²) >= 11 is 0. The molecule has 0 saturated heterocycles. The van der Waals surface area contributed by atoms with Crippen LogP contribution in [0.25, 0.3) is 17.1 Å². The topological polar surface area (TPSA) is 150 Å². The third kappa shape index (κ3) is 6.23. The van der Waals surface area contributed by atoms with Crippen molar-refractivity contribution in [2.75, 3.05) is 26.1 Å². The minimum Gasteiger partial charge on any atom is -0.493 e. The van der Waals surface area contributed by atoms with E-state index in [-0.39, 0.29) is 10.8 Å². The molecule has 4 N–H and O–H groups in total. The van der Waals surface area contributed by atoms with Crippen molar-refractivity contribution in [3.63, 3.8) is 0 Å². The van der Waals surface area contributed by atoms with E-state index < -0.39 is 16.1 Å². The molecule has 0 atom stereocenters. The summed E-state index contributed by atoms with van der Waals surface area (Å²) < 4.78 is 35.1. The molecular formula is C25H26N6O5S. The van der Waals surface area contributed by atoms with Gasteiger partial charge in [-0.15, -0.1) is 5.10 Å². The number of hydrogen-bond donors (Lipinski definition) is 3. The van der Waals surface area contributed by atoms with Crippen LogP contribution in [-0.2, 0) is 16.4 Å². The van der Waals surface area contributed by atoms with E-state index in [0.717, 1.165) is 11.1 Å². The molecule has 0 radical (unpaired) electrons. The van der Waals surface area contributed by atoms with Gasteiger partial charge in [-0.2, -0.15) is 4.98 Å². The molecule has 0 aliphatic carbocycles. The summed E-state index contributed by atoms with van der Waals surface area (Å²) in [6.07, 6.45) is 0.487. The van der Waals surface area contributed by atoms with Crippen LogP contribution >= 0.6 is 0 Å². The molecule has 3 aromatic carbocycles. The number of carbonyl (C=O) groups excluding carboxylic acids is 1. The standard InChI is InChI=1S/C25H26N6O5S/c1-35-21-13-10-19(16-22(21)36-2)31-23(18-6-4-3-5-7-18)28-24(30-31)29-25(32)27-15-14-17-8-11-20(12-9-17)37(26,33)34/h3-13,16H,14-15H2,1-2H3,(H2,26,33,34)(H2,27,29,30,32). The van der Waals surface area contributed by atoms with Crippen molar-refractivity contribution < 1.29 is 22.7 Å². The molecule has 0 fully saturated rings. The monoisotopic (exact) mass is 522 g/mol.